The van der Waals surface area contributed by atoms with Crippen molar-refractivity contribution in [2.45, 2.75) is 32.6 Å². The van der Waals surface area contributed by atoms with Gasteiger partial charge < -0.3 is 0 Å². The van der Waals surface area contributed by atoms with Gasteiger partial charge in [-0.05, 0) is 61.4 Å². The van der Waals surface area contributed by atoms with E-state index >= 15 is 0 Å². The van der Waals surface area contributed by atoms with Gasteiger partial charge in [0.2, 0.25) is 0 Å². The first-order valence-corrected chi connectivity index (χ1v) is 5.23. The molecule has 14 heavy (non-hydrogen) atoms. The van der Waals surface area contributed by atoms with Gasteiger partial charge in [0.1, 0.15) is 5.82 Å². The van der Waals surface area contributed by atoms with E-state index in [1.165, 1.54) is 30.0 Å². The normalized spacial score (nSPS) is 16.6. The van der Waals surface area contributed by atoms with Gasteiger partial charge in [-0.2, -0.15) is 0 Å². The number of hydrogen-bond acceptors (Lipinski definition) is 0. The third-order valence-corrected chi connectivity index (χ3v) is 2.84. The molecule has 1 heteroatoms. The number of aryl methyl sites for hydroxylation is 1. The zero-order valence-electron chi connectivity index (χ0n) is 8.52. The maximum atomic E-state index is 13.1. The Morgan fingerprint density at radius 1 is 1.21 bits per heavy atom. The highest BCUT2D eigenvalue weighted by Crippen LogP contribution is 2.29. The molecule has 0 fully saturated rings. The van der Waals surface area contributed by atoms with Crippen LogP contribution in [0.4, 0.5) is 4.39 Å². The van der Waals surface area contributed by atoms with E-state index in [0.717, 1.165) is 18.4 Å². The summed E-state index contributed by atoms with van der Waals surface area (Å²) in [6.45, 7) is 2.05. The van der Waals surface area contributed by atoms with Gasteiger partial charge in [0.05, 0.1) is 0 Å². The summed E-state index contributed by atoms with van der Waals surface area (Å²) in [4.78, 5) is 0. The van der Waals surface area contributed by atoms with Crippen molar-refractivity contribution >= 4 is 5.57 Å². The average molecular weight is 190 g/mol. The molecule has 0 spiro atoms. The van der Waals surface area contributed by atoms with Crippen LogP contribution in [0.5, 0.6) is 0 Å². The average Bonchev–Trinajstić information content (AvgIpc) is 2.23. The van der Waals surface area contributed by atoms with Crippen LogP contribution in [0.1, 0.15) is 36.8 Å². The van der Waals surface area contributed by atoms with Gasteiger partial charge in [0.15, 0.2) is 0 Å². The molecule has 0 atom stereocenters. The van der Waals surface area contributed by atoms with Crippen LogP contribution >= 0.6 is 0 Å². The Labute approximate surface area is 84.5 Å². The molecule has 1 aromatic carbocycles. The lowest BCUT2D eigenvalue weighted by atomic mass is 9.91. The van der Waals surface area contributed by atoms with Crippen LogP contribution in [-0.2, 0) is 0 Å². The Bertz CT molecular complexity index is 363. The summed E-state index contributed by atoms with van der Waals surface area (Å²) >= 11 is 0. The van der Waals surface area contributed by atoms with Gasteiger partial charge in [0, 0.05) is 0 Å². The molecule has 1 aliphatic carbocycles. The largest absolute Gasteiger partial charge is 0.207 e. The van der Waals surface area contributed by atoms with Crippen LogP contribution in [-0.4, -0.2) is 0 Å². The van der Waals surface area contributed by atoms with E-state index in [0.29, 0.717) is 0 Å². The Kier molecular flexibility index (Phi) is 2.67. The second-order valence-electron chi connectivity index (χ2n) is 3.93. The van der Waals surface area contributed by atoms with Gasteiger partial charge in [-0.1, -0.05) is 12.1 Å². The number of benzene rings is 1. The first kappa shape index (κ1) is 9.45. The first-order valence-electron chi connectivity index (χ1n) is 5.23. The third kappa shape index (κ3) is 1.87. The molecule has 0 saturated carbocycles. The zero-order valence-corrected chi connectivity index (χ0v) is 8.52. The molecular weight excluding hydrogens is 175 g/mol. The summed E-state index contributed by atoms with van der Waals surface area (Å²) in [5.41, 5.74) is 3.61. The molecule has 0 aliphatic heterocycles. The van der Waals surface area contributed by atoms with Gasteiger partial charge >= 0.3 is 0 Å². The summed E-state index contributed by atoms with van der Waals surface area (Å²) < 4.78 is 13.1. The Balaban J connectivity index is 2.39. The molecule has 1 aromatic rings. The molecule has 74 valence electrons. The van der Waals surface area contributed by atoms with E-state index in [2.05, 4.69) is 6.08 Å². The maximum Gasteiger partial charge on any atom is 0.123 e. The van der Waals surface area contributed by atoms with Crippen LogP contribution in [0.25, 0.3) is 5.57 Å². The second kappa shape index (κ2) is 3.95. The van der Waals surface area contributed by atoms with Gasteiger partial charge in [0.25, 0.3) is 0 Å². The zero-order chi connectivity index (χ0) is 9.97. The highest BCUT2D eigenvalue weighted by atomic mass is 19.1. The minimum absolute atomic E-state index is 0.128. The smallest absolute Gasteiger partial charge is 0.123 e. The molecule has 0 unspecified atom stereocenters. The Morgan fingerprint density at radius 2 is 2.07 bits per heavy atom. The van der Waals surface area contributed by atoms with Gasteiger partial charge in [-0.15, -0.1) is 0 Å². The van der Waals surface area contributed by atoms with Crippen molar-refractivity contribution in [2.24, 2.45) is 0 Å². The van der Waals surface area contributed by atoms with Crippen LogP contribution < -0.4 is 0 Å². The van der Waals surface area contributed by atoms with E-state index in [4.69, 9.17) is 0 Å². The van der Waals surface area contributed by atoms with Crippen molar-refractivity contribution < 1.29 is 4.39 Å². The molecule has 1 aliphatic rings. The topological polar surface area (TPSA) is 0 Å². The number of rotatable bonds is 1. The fraction of sp³-hybridized carbons (Fsp3) is 0.385. The van der Waals surface area contributed by atoms with E-state index < -0.39 is 0 Å². The third-order valence-electron chi connectivity index (χ3n) is 2.84. The van der Waals surface area contributed by atoms with E-state index in [-0.39, 0.29) is 5.82 Å². The number of hydrogen-bond donors (Lipinski definition) is 0. The van der Waals surface area contributed by atoms with Crippen LogP contribution in [0.3, 0.4) is 0 Å². The fourth-order valence-corrected chi connectivity index (χ4v) is 2.02. The molecule has 0 aromatic heterocycles. The SMILES string of the molecule is Cc1ccc(F)cc1C1=CCCCC1. The van der Waals surface area contributed by atoms with E-state index in [1.54, 1.807) is 6.07 Å². The molecule has 0 heterocycles. The quantitative estimate of drug-likeness (QED) is 0.625. The predicted octanol–water partition coefficient (Wildman–Crippen LogP) is 4.09. The maximum absolute atomic E-state index is 13.1. The summed E-state index contributed by atoms with van der Waals surface area (Å²) in [6, 6.07) is 5.05. The number of allylic oxidation sites excluding steroid dienone is 2. The molecule has 0 amide bonds. The number of halogens is 1. The minimum Gasteiger partial charge on any atom is -0.207 e. The van der Waals surface area contributed by atoms with Crippen molar-refractivity contribution in [3.05, 3.63) is 41.2 Å². The van der Waals surface area contributed by atoms with Crippen molar-refractivity contribution in [2.75, 3.05) is 0 Å². The fourth-order valence-electron chi connectivity index (χ4n) is 2.02. The van der Waals surface area contributed by atoms with Crippen molar-refractivity contribution in [1.82, 2.24) is 0 Å². The van der Waals surface area contributed by atoms with Crippen LogP contribution in [0.15, 0.2) is 24.3 Å². The molecule has 0 N–H and O–H groups in total. The molecular formula is C13H15F. The molecule has 2 rings (SSSR count). The Hall–Kier alpha value is -1.11. The van der Waals surface area contributed by atoms with E-state index in [1.807, 2.05) is 13.0 Å². The monoisotopic (exact) mass is 190 g/mol. The van der Waals surface area contributed by atoms with Crippen LogP contribution in [0.2, 0.25) is 0 Å². The lowest BCUT2D eigenvalue weighted by molar-refractivity contribution is 0.626. The molecule has 0 nitrogen and oxygen atoms in total. The summed E-state index contributed by atoms with van der Waals surface area (Å²) in [5.74, 6) is -0.128. The highest BCUT2D eigenvalue weighted by Gasteiger charge is 2.09. The minimum atomic E-state index is -0.128. The van der Waals surface area contributed by atoms with Crippen molar-refractivity contribution in [3.8, 4) is 0 Å². The van der Waals surface area contributed by atoms with E-state index in [9.17, 15) is 4.39 Å². The first-order chi connectivity index (χ1) is 6.77. The summed E-state index contributed by atoms with van der Waals surface area (Å²) in [5, 5.41) is 0. The Morgan fingerprint density at radius 3 is 2.79 bits per heavy atom. The second-order valence-corrected chi connectivity index (χ2v) is 3.93. The lowest BCUT2D eigenvalue weighted by Crippen LogP contribution is -1.95. The highest BCUT2D eigenvalue weighted by molar-refractivity contribution is 5.68. The van der Waals surface area contributed by atoms with Crippen molar-refractivity contribution in [3.63, 3.8) is 0 Å². The van der Waals surface area contributed by atoms with Gasteiger partial charge in [-0.25, -0.2) is 4.39 Å². The predicted molar refractivity (Wildman–Crippen MR) is 57.6 cm³/mol. The summed E-state index contributed by atoms with van der Waals surface area (Å²) in [6.07, 6.45) is 7.01. The molecule has 0 bridgehead atoms. The standard InChI is InChI=1S/C13H15F/c1-10-7-8-12(14)9-13(10)11-5-3-2-4-6-11/h5,7-9H,2-4,6H2,1H3. The lowest BCUT2D eigenvalue weighted by Gasteiger charge is -2.14. The van der Waals surface area contributed by atoms with Crippen molar-refractivity contribution in [1.29, 1.82) is 0 Å². The summed E-state index contributed by atoms with van der Waals surface area (Å²) in [7, 11) is 0. The molecule has 0 radical (unpaired) electrons. The van der Waals surface area contributed by atoms with Crippen LogP contribution in [0, 0.1) is 12.7 Å². The molecule has 0 saturated heterocycles. The van der Waals surface area contributed by atoms with Gasteiger partial charge in [-0.3, -0.25) is 0 Å².